The Bertz CT molecular complexity index is 1530. The number of benzene rings is 4. The SMILES string of the molecule is CC(Sc1ccc(NC(=O)/C(=C/c2ccccc2)NC(=O)c2ccccc2)cc1)C(=O)Nc1cc(Cl)ccc1Cl. The molecule has 0 radical (unpaired) electrons. The fraction of sp³-hybridized carbons (Fsp3) is 0.0645. The van der Waals surface area contributed by atoms with Crippen molar-refractivity contribution >= 4 is 70.1 Å². The topological polar surface area (TPSA) is 87.3 Å². The van der Waals surface area contributed by atoms with E-state index in [9.17, 15) is 14.4 Å². The molecule has 0 saturated carbocycles. The van der Waals surface area contributed by atoms with Crippen LogP contribution < -0.4 is 16.0 Å². The van der Waals surface area contributed by atoms with Gasteiger partial charge in [0.15, 0.2) is 0 Å². The van der Waals surface area contributed by atoms with E-state index in [1.807, 2.05) is 36.4 Å². The number of amides is 3. The highest BCUT2D eigenvalue weighted by Gasteiger charge is 2.17. The Kier molecular flexibility index (Phi) is 10.0. The number of carbonyl (C=O) groups excluding carboxylic acids is 3. The predicted octanol–water partition coefficient (Wildman–Crippen LogP) is 7.52. The van der Waals surface area contributed by atoms with E-state index in [1.54, 1.807) is 79.7 Å². The molecule has 0 saturated heterocycles. The first-order valence-corrected chi connectivity index (χ1v) is 13.9. The van der Waals surface area contributed by atoms with Gasteiger partial charge in [0.25, 0.3) is 11.8 Å². The third-order valence-corrected chi connectivity index (χ3v) is 7.30. The maximum atomic E-state index is 13.2. The zero-order chi connectivity index (χ0) is 28.5. The summed E-state index contributed by atoms with van der Waals surface area (Å²) in [5.41, 5.74) is 2.28. The number of nitrogens with one attached hydrogen (secondary N) is 3. The average molecular weight is 591 g/mol. The van der Waals surface area contributed by atoms with Crippen LogP contribution in [0.1, 0.15) is 22.8 Å². The summed E-state index contributed by atoms with van der Waals surface area (Å²) >= 11 is 13.5. The summed E-state index contributed by atoms with van der Waals surface area (Å²) < 4.78 is 0. The van der Waals surface area contributed by atoms with E-state index in [4.69, 9.17) is 23.2 Å². The maximum Gasteiger partial charge on any atom is 0.272 e. The fourth-order valence-corrected chi connectivity index (χ4v) is 4.76. The highest BCUT2D eigenvalue weighted by Crippen LogP contribution is 2.29. The maximum absolute atomic E-state index is 13.2. The number of rotatable bonds is 9. The van der Waals surface area contributed by atoms with Gasteiger partial charge >= 0.3 is 0 Å². The zero-order valence-electron chi connectivity index (χ0n) is 21.4. The van der Waals surface area contributed by atoms with Crippen molar-refractivity contribution in [1.82, 2.24) is 5.32 Å². The number of carbonyl (C=O) groups is 3. The molecule has 1 atom stereocenters. The molecule has 0 aromatic heterocycles. The summed E-state index contributed by atoms with van der Waals surface area (Å²) in [7, 11) is 0. The normalized spacial score (nSPS) is 11.8. The van der Waals surface area contributed by atoms with Crippen LogP contribution in [0.15, 0.2) is 114 Å². The molecule has 3 N–H and O–H groups in total. The van der Waals surface area contributed by atoms with Gasteiger partial charge in [0.1, 0.15) is 5.70 Å². The van der Waals surface area contributed by atoms with E-state index in [0.717, 1.165) is 10.5 Å². The Morgan fingerprint density at radius 3 is 2.12 bits per heavy atom. The monoisotopic (exact) mass is 589 g/mol. The minimum atomic E-state index is -0.473. The van der Waals surface area contributed by atoms with Crippen molar-refractivity contribution in [3.8, 4) is 0 Å². The van der Waals surface area contributed by atoms with Gasteiger partial charge in [-0.1, -0.05) is 71.7 Å². The fourth-order valence-electron chi connectivity index (χ4n) is 3.56. The second-order valence-corrected chi connectivity index (χ2v) is 10.9. The molecule has 0 aliphatic rings. The van der Waals surface area contributed by atoms with Crippen LogP contribution in [0.5, 0.6) is 0 Å². The van der Waals surface area contributed by atoms with Gasteiger partial charge in [-0.2, -0.15) is 0 Å². The van der Waals surface area contributed by atoms with E-state index >= 15 is 0 Å². The Morgan fingerprint density at radius 2 is 1.45 bits per heavy atom. The van der Waals surface area contributed by atoms with E-state index in [0.29, 0.717) is 27.0 Å². The van der Waals surface area contributed by atoms with Crippen molar-refractivity contribution in [3.63, 3.8) is 0 Å². The Labute approximate surface area is 246 Å². The van der Waals surface area contributed by atoms with Crippen LogP contribution in [0.3, 0.4) is 0 Å². The Balaban J connectivity index is 1.41. The number of halogens is 2. The van der Waals surface area contributed by atoms with Crippen molar-refractivity contribution < 1.29 is 14.4 Å². The number of hydrogen-bond donors (Lipinski definition) is 3. The molecule has 4 rings (SSSR count). The molecule has 0 heterocycles. The molecule has 1 unspecified atom stereocenters. The van der Waals surface area contributed by atoms with Crippen molar-refractivity contribution in [2.45, 2.75) is 17.1 Å². The van der Waals surface area contributed by atoms with Crippen LogP contribution in [-0.4, -0.2) is 23.0 Å². The molecule has 0 bridgehead atoms. The highest BCUT2D eigenvalue weighted by atomic mass is 35.5. The van der Waals surface area contributed by atoms with Crippen LogP contribution in [0.2, 0.25) is 10.0 Å². The molecule has 202 valence electrons. The molecular formula is C31H25Cl2N3O3S. The van der Waals surface area contributed by atoms with Gasteiger partial charge < -0.3 is 16.0 Å². The largest absolute Gasteiger partial charge is 0.324 e. The predicted molar refractivity (Wildman–Crippen MR) is 164 cm³/mol. The summed E-state index contributed by atoms with van der Waals surface area (Å²) in [6.07, 6.45) is 1.62. The van der Waals surface area contributed by atoms with Crippen LogP contribution in [-0.2, 0) is 9.59 Å². The molecule has 4 aromatic rings. The van der Waals surface area contributed by atoms with E-state index in [2.05, 4.69) is 16.0 Å². The zero-order valence-corrected chi connectivity index (χ0v) is 23.7. The minimum absolute atomic E-state index is 0.100. The Hall–Kier alpha value is -4.04. The molecule has 0 fully saturated rings. The molecule has 0 aliphatic carbocycles. The first-order chi connectivity index (χ1) is 19.3. The lowest BCUT2D eigenvalue weighted by atomic mass is 10.1. The standard InChI is InChI=1S/C31H25Cl2N3O3S/c1-20(29(37)35-27-19-23(32)12-17-26(27)33)40-25-15-13-24(14-16-25)34-31(39)28(18-21-8-4-2-5-9-21)36-30(38)22-10-6-3-7-11-22/h2-20H,1H3,(H,34,39)(H,35,37)(H,36,38)/b28-18-. The van der Waals surface area contributed by atoms with Gasteiger partial charge in [0, 0.05) is 21.2 Å². The smallest absolute Gasteiger partial charge is 0.272 e. The Morgan fingerprint density at radius 1 is 0.800 bits per heavy atom. The lowest BCUT2D eigenvalue weighted by Gasteiger charge is -2.14. The second-order valence-electron chi connectivity index (χ2n) is 8.64. The summed E-state index contributed by atoms with van der Waals surface area (Å²) in [6, 6.07) is 29.9. The summed E-state index contributed by atoms with van der Waals surface area (Å²) in [5.74, 6) is -1.09. The van der Waals surface area contributed by atoms with Gasteiger partial charge in [-0.25, -0.2) is 0 Å². The summed E-state index contributed by atoms with van der Waals surface area (Å²) in [4.78, 5) is 39.5. The molecule has 40 heavy (non-hydrogen) atoms. The van der Waals surface area contributed by atoms with Crippen molar-refractivity contribution in [1.29, 1.82) is 0 Å². The summed E-state index contributed by atoms with van der Waals surface area (Å²) in [5, 5.41) is 8.79. The molecule has 6 nitrogen and oxygen atoms in total. The summed E-state index contributed by atoms with van der Waals surface area (Å²) in [6.45, 7) is 1.78. The lowest BCUT2D eigenvalue weighted by molar-refractivity contribution is -0.115. The van der Waals surface area contributed by atoms with Crippen molar-refractivity contribution in [3.05, 3.63) is 130 Å². The second kappa shape index (κ2) is 13.8. The van der Waals surface area contributed by atoms with E-state index in [-0.39, 0.29) is 11.6 Å². The van der Waals surface area contributed by atoms with Gasteiger partial charge in [0.2, 0.25) is 5.91 Å². The van der Waals surface area contributed by atoms with Crippen molar-refractivity contribution in [2.75, 3.05) is 10.6 Å². The number of anilines is 2. The third kappa shape index (κ3) is 8.23. The molecular weight excluding hydrogens is 565 g/mol. The first-order valence-electron chi connectivity index (χ1n) is 12.3. The van der Waals surface area contributed by atoms with Crippen molar-refractivity contribution in [2.24, 2.45) is 0 Å². The minimum Gasteiger partial charge on any atom is -0.324 e. The van der Waals surface area contributed by atoms with Gasteiger partial charge in [-0.15, -0.1) is 11.8 Å². The van der Waals surface area contributed by atoms with E-state index in [1.165, 1.54) is 11.8 Å². The quantitative estimate of drug-likeness (QED) is 0.139. The first kappa shape index (κ1) is 29.0. The average Bonchev–Trinajstić information content (AvgIpc) is 2.96. The van der Waals surface area contributed by atoms with E-state index < -0.39 is 17.1 Å². The molecule has 0 spiro atoms. The molecule has 0 aliphatic heterocycles. The molecule has 3 amide bonds. The van der Waals surface area contributed by atoms with Crippen LogP contribution in [0.4, 0.5) is 11.4 Å². The van der Waals surface area contributed by atoms with Gasteiger partial charge in [-0.3, -0.25) is 14.4 Å². The third-order valence-electron chi connectivity index (χ3n) is 5.62. The van der Waals surface area contributed by atoms with Gasteiger partial charge in [-0.05, 0) is 73.2 Å². The number of thioether (sulfide) groups is 1. The highest BCUT2D eigenvalue weighted by molar-refractivity contribution is 8.00. The lowest BCUT2D eigenvalue weighted by Crippen LogP contribution is -2.30. The van der Waals surface area contributed by atoms with Gasteiger partial charge in [0.05, 0.1) is 16.0 Å². The van der Waals surface area contributed by atoms with Crippen LogP contribution >= 0.6 is 35.0 Å². The molecule has 4 aromatic carbocycles. The number of hydrogen-bond acceptors (Lipinski definition) is 4. The van der Waals surface area contributed by atoms with Crippen LogP contribution in [0.25, 0.3) is 6.08 Å². The van der Waals surface area contributed by atoms with Crippen LogP contribution in [0, 0.1) is 0 Å². The molecule has 9 heteroatoms.